The summed E-state index contributed by atoms with van der Waals surface area (Å²) in [6.07, 6.45) is 3.71. The number of pyridine rings is 1. The van der Waals surface area contributed by atoms with E-state index >= 15 is 0 Å². The first kappa shape index (κ1) is 10.5. The first-order valence-corrected chi connectivity index (χ1v) is 5.46. The molecule has 1 aliphatic carbocycles. The van der Waals surface area contributed by atoms with Crippen LogP contribution in [0.25, 0.3) is 21.9 Å². The number of primary amides is 1. The number of amides is 2. The monoisotopic (exact) mass is 238 g/mol. The minimum absolute atomic E-state index is 0.674. The van der Waals surface area contributed by atoms with Crippen molar-refractivity contribution in [3.05, 3.63) is 42.7 Å². The van der Waals surface area contributed by atoms with Gasteiger partial charge in [-0.25, -0.2) is 4.79 Å². The molecule has 0 fully saturated rings. The molecule has 1 aromatic carbocycles. The number of nitrogens with one attached hydrogen (secondary N) is 1. The Morgan fingerprint density at radius 2 is 1.89 bits per heavy atom. The van der Waals surface area contributed by atoms with Crippen LogP contribution in [-0.4, -0.2) is 11.0 Å². The van der Waals surface area contributed by atoms with Crippen molar-refractivity contribution >= 4 is 22.5 Å². The van der Waals surface area contributed by atoms with Crippen molar-refractivity contribution < 1.29 is 4.79 Å². The third-order valence-electron chi connectivity index (χ3n) is 2.84. The predicted molar refractivity (Wildman–Crippen MR) is 69.0 cm³/mol. The molecule has 88 valence electrons. The van der Waals surface area contributed by atoms with Gasteiger partial charge in [-0.15, -0.1) is 5.11 Å². The van der Waals surface area contributed by atoms with E-state index in [1.807, 2.05) is 42.7 Å². The summed E-state index contributed by atoms with van der Waals surface area (Å²) in [5, 5.41) is 9.41. The Morgan fingerprint density at radius 3 is 2.67 bits per heavy atom. The summed E-state index contributed by atoms with van der Waals surface area (Å²) in [6.45, 7) is 0. The number of fused-ring (bicyclic) bond motifs is 3. The van der Waals surface area contributed by atoms with Crippen molar-refractivity contribution in [2.75, 3.05) is 0 Å². The third-order valence-corrected chi connectivity index (χ3v) is 2.84. The molecule has 3 N–H and O–H groups in total. The van der Waals surface area contributed by atoms with Gasteiger partial charge in [0.25, 0.3) is 0 Å². The maximum Gasteiger partial charge on any atom is 0.356 e. The van der Waals surface area contributed by atoms with Gasteiger partial charge in [-0.1, -0.05) is 29.4 Å². The zero-order valence-corrected chi connectivity index (χ0v) is 9.42. The fourth-order valence-electron chi connectivity index (χ4n) is 2.14. The van der Waals surface area contributed by atoms with Crippen LogP contribution in [0.2, 0.25) is 0 Å². The molecule has 1 heterocycles. The van der Waals surface area contributed by atoms with Crippen molar-refractivity contribution in [2.45, 2.75) is 0 Å². The molecule has 0 saturated heterocycles. The number of carbonyl (C=O) groups is 1. The van der Waals surface area contributed by atoms with E-state index in [0.717, 1.165) is 21.9 Å². The molecule has 5 heteroatoms. The van der Waals surface area contributed by atoms with Gasteiger partial charge in [-0.3, -0.25) is 0 Å². The molecule has 0 atom stereocenters. The van der Waals surface area contributed by atoms with E-state index in [4.69, 9.17) is 5.73 Å². The zero-order valence-electron chi connectivity index (χ0n) is 9.42. The van der Waals surface area contributed by atoms with Crippen LogP contribution in [-0.2, 0) is 0 Å². The largest absolute Gasteiger partial charge is 0.367 e. The van der Waals surface area contributed by atoms with Crippen LogP contribution >= 0.6 is 0 Å². The van der Waals surface area contributed by atoms with E-state index in [-0.39, 0.29) is 0 Å². The zero-order chi connectivity index (χ0) is 12.5. The lowest BCUT2D eigenvalue weighted by molar-refractivity contribution is 0.255. The predicted octanol–water partition coefficient (Wildman–Crippen LogP) is 3.44. The summed E-state index contributed by atoms with van der Waals surface area (Å²) in [7, 11) is 0. The number of nitrogens with zero attached hydrogens (tertiary/aromatic N) is 2. The summed E-state index contributed by atoms with van der Waals surface area (Å²) in [6, 6.07) is 8.96. The van der Waals surface area contributed by atoms with Gasteiger partial charge in [0, 0.05) is 28.9 Å². The lowest BCUT2D eigenvalue weighted by atomic mass is 10.1. The van der Waals surface area contributed by atoms with Crippen molar-refractivity contribution in [3.63, 3.8) is 0 Å². The molecule has 2 aliphatic rings. The molecular formula is C13H10N4O. The van der Waals surface area contributed by atoms with Crippen molar-refractivity contribution in [2.24, 2.45) is 16.0 Å². The van der Waals surface area contributed by atoms with E-state index < -0.39 is 6.03 Å². The van der Waals surface area contributed by atoms with E-state index in [9.17, 15) is 4.79 Å². The molecule has 0 spiro atoms. The maximum absolute atomic E-state index is 10.7. The van der Waals surface area contributed by atoms with Crippen LogP contribution in [0.4, 0.5) is 10.5 Å². The average molecular weight is 238 g/mol. The van der Waals surface area contributed by atoms with Crippen molar-refractivity contribution in [3.8, 4) is 11.1 Å². The van der Waals surface area contributed by atoms with Crippen molar-refractivity contribution in [1.29, 1.82) is 0 Å². The third kappa shape index (κ3) is 1.53. The Bertz CT molecular complexity index is 729. The summed E-state index contributed by atoms with van der Waals surface area (Å²) in [5.41, 5.74) is 7.66. The fraction of sp³-hybridized carbons (Fsp3) is 0. The summed E-state index contributed by atoms with van der Waals surface area (Å²) < 4.78 is 0. The Balaban J connectivity index is 2.36. The molecule has 1 aliphatic heterocycles. The number of hydrogen-bond acceptors (Lipinski definition) is 2. The number of rotatable bonds is 1. The minimum atomic E-state index is -0.795. The second kappa shape index (κ2) is 3.96. The second-order valence-corrected chi connectivity index (χ2v) is 3.90. The summed E-state index contributed by atoms with van der Waals surface area (Å²) >= 11 is 0. The Kier molecular flexibility index (Phi) is 2.30. The number of aromatic amines is 1. The fourth-order valence-corrected chi connectivity index (χ4v) is 2.14. The lowest BCUT2D eigenvalue weighted by Gasteiger charge is -1.98. The minimum Gasteiger partial charge on any atom is -0.367 e. The molecule has 0 bridgehead atoms. The number of urea groups is 1. The van der Waals surface area contributed by atoms with Crippen LogP contribution in [0.1, 0.15) is 0 Å². The molecule has 0 aromatic heterocycles. The standard InChI is InChI=1S/C13H10N4O/c14-13(18)17-16-12-9-4-2-1-3-8(9)11-7-15-6-5-10(11)12/h1-7,15H,(H2,14,18). The molecule has 0 unspecified atom stereocenters. The highest BCUT2D eigenvalue weighted by Gasteiger charge is 2.16. The first-order chi connectivity index (χ1) is 8.77. The van der Waals surface area contributed by atoms with E-state index in [1.54, 1.807) is 0 Å². The number of aromatic nitrogens is 1. The highest BCUT2D eigenvalue weighted by atomic mass is 16.2. The molecule has 0 saturated carbocycles. The molecule has 0 radical (unpaired) electrons. The van der Waals surface area contributed by atoms with Gasteiger partial charge in [0.1, 0.15) is 5.69 Å². The highest BCUT2D eigenvalue weighted by molar-refractivity contribution is 6.12. The Morgan fingerprint density at radius 1 is 1.11 bits per heavy atom. The van der Waals surface area contributed by atoms with Crippen LogP contribution in [0.15, 0.2) is 53.0 Å². The van der Waals surface area contributed by atoms with Crippen LogP contribution in [0.3, 0.4) is 0 Å². The van der Waals surface area contributed by atoms with Gasteiger partial charge in [0.2, 0.25) is 0 Å². The molecule has 3 rings (SSSR count). The average Bonchev–Trinajstić information content (AvgIpc) is 2.71. The molecule has 1 aromatic rings. The van der Waals surface area contributed by atoms with Gasteiger partial charge < -0.3 is 10.7 Å². The van der Waals surface area contributed by atoms with Gasteiger partial charge in [0.05, 0.1) is 0 Å². The Hall–Kier alpha value is -2.69. The molecule has 18 heavy (non-hydrogen) atoms. The van der Waals surface area contributed by atoms with Gasteiger partial charge >= 0.3 is 6.03 Å². The number of H-pyrrole nitrogens is 1. The normalized spacial score (nSPS) is 11.6. The van der Waals surface area contributed by atoms with Crippen LogP contribution < -0.4 is 5.73 Å². The number of benzene rings is 1. The summed E-state index contributed by atoms with van der Waals surface area (Å²) in [5.74, 6) is 0. The van der Waals surface area contributed by atoms with E-state index in [0.29, 0.717) is 5.69 Å². The van der Waals surface area contributed by atoms with Crippen LogP contribution in [0.5, 0.6) is 0 Å². The Labute approximate surface area is 103 Å². The van der Waals surface area contributed by atoms with E-state index in [2.05, 4.69) is 15.2 Å². The first-order valence-electron chi connectivity index (χ1n) is 5.46. The highest BCUT2D eigenvalue weighted by Crippen LogP contribution is 2.43. The number of nitrogens with two attached hydrogens (primary N) is 1. The quantitative estimate of drug-likeness (QED) is 0.625. The second-order valence-electron chi connectivity index (χ2n) is 3.90. The van der Waals surface area contributed by atoms with Gasteiger partial charge in [0.15, 0.2) is 0 Å². The maximum atomic E-state index is 10.7. The summed E-state index contributed by atoms with van der Waals surface area (Å²) in [4.78, 5) is 13.8. The molecule has 2 amide bonds. The van der Waals surface area contributed by atoms with Gasteiger partial charge in [-0.05, 0) is 11.5 Å². The number of hydrogen-bond donors (Lipinski definition) is 2. The number of carbonyl (C=O) groups excluding carboxylic acids is 1. The van der Waals surface area contributed by atoms with Crippen LogP contribution in [0, 0.1) is 0 Å². The topological polar surface area (TPSA) is 83.6 Å². The lowest BCUT2D eigenvalue weighted by Crippen LogP contribution is -2.01. The van der Waals surface area contributed by atoms with Crippen molar-refractivity contribution in [1.82, 2.24) is 4.98 Å². The smallest absolute Gasteiger partial charge is 0.356 e. The number of azo groups is 1. The van der Waals surface area contributed by atoms with Gasteiger partial charge in [-0.2, -0.15) is 0 Å². The molecular weight excluding hydrogens is 228 g/mol. The SMILES string of the molecule is NC(=O)N=Nc1c2cc[nH]cc-2c2ccccc12. The molecule has 5 nitrogen and oxygen atoms in total. The van der Waals surface area contributed by atoms with E-state index in [1.165, 1.54) is 0 Å².